The largest absolute Gasteiger partial charge is 0.417 e. The van der Waals surface area contributed by atoms with E-state index in [1.165, 1.54) is 44.7 Å². The van der Waals surface area contributed by atoms with Crippen LogP contribution in [-0.2, 0) is 16.4 Å². The fraction of sp³-hybridized carbons (Fsp3) is 0.200. The summed E-state index contributed by atoms with van der Waals surface area (Å²) in [5, 5.41) is 0. The summed E-state index contributed by atoms with van der Waals surface area (Å²) in [4.78, 5) is 8.02. The molecule has 0 radical (unpaired) electrons. The van der Waals surface area contributed by atoms with Gasteiger partial charge in [-0.25, -0.2) is 8.96 Å². The Morgan fingerprint density at radius 2 is 1.68 bits per heavy atom. The Morgan fingerprint density at radius 1 is 1.04 bits per heavy atom. The highest BCUT2D eigenvalue weighted by molar-refractivity contribution is 7.87. The fourth-order valence-electron chi connectivity index (χ4n) is 2.44. The van der Waals surface area contributed by atoms with E-state index in [-0.39, 0.29) is 22.3 Å². The van der Waals surface area contributed by atoms with Gasteiger partial charge in [0.25, 0.3) is 0 Å². The van der Waals surface area contributed by atoms with Crippen LogP contribution in [0.2, 0.25) is 0 Å². The number of hydrogen-bond acceptors (Lipinski definition) is 4. The van der Waals surface area contributed by atoms with Crippen LogP contribution in [0.5, 0.6) is 0 Å². The molecule has 6 nitrogen and oxygen atoms in total. The Balaban J connectivity index is 2.38. The molecular weight excluding hydrogens is 357 g/mol. The molecule has 0 saturated heterocycles. The summed E-state index contributed by atoms with van der Waals surface area (Å²) in [6.07, 6.45) is -0.893. The van der Waals surface area contributed by atoms with Gasteiger partial charge in [-0.05, 0) is 11.6 Å². The molecular formula is C15H13F3N4O2S. The molecule has 1 aromatic carbocycles. The molecule has 0 unspecified atom stereocenters. The van der Waals surface area contributed by atoms with Crippen LogP contribution >= 0.6 is 0 Å². The van der Waals surface area contributed by atoms with Crippen molar-refractivity contribution in [2.24, 2.45) is 0 Å². The predicted molar refractivity (Wildman–Crippen MR) is 86.0 cm³/mol. The standard InChI is InChI=1S/C15H13F3N4O2S/c1-21(2)25(23,24)22-9-11(13-14(22)20-8-7-19-13)10-5-3-4-6-12(10)15(16,17)18/h3-9H,1-2H3. The highest BCUT2D eigenvalue weighted by atomic mass is 32.2. The third-order valence-electron chi connectivity index (χ3n) is 3.62. The Kier molecular flexibility index (Phi) is 4.04. The Labute approximate surface area is 141 Å². The maximum absolute atomic E-state index is 13.3. The monoisotopic (exact) mass is 370 g/mol. The summed E-state index contributed by atoms with van der Waals surface area (Å²) in [6.45, 7) is 0. The number of alkyl halides is 3. The second kappa shape index (κ2) is 5.81. The lowest BCUT2D eigenvalue weighted by Gasteiger charge is -2.12. The number of hydrogen-bond donors (Lipinski definition) is 0. The van der Waals surface area contributed by atoms with Crippen molar-refractivity contribution in [2.75, 3.05) is 14.1 Å². The Bertz CT molecular complexity index is 1040. The van der Waals surface area contributed by atoms with E-state index in [0.29, 0.717) is 0 Å². The first-order valence-corrected chi connectivity index (χ1v) is 8.45. The molecule has 132 valence electrons. The van der Waals surface area contributed by atoms with Gasteiger partial charge in [0.1, 0.15) is 5.52 Å². The number of halogens is 3. The van der Waals surface area contributed by atoms with E-state index in [1.54, 1.807) is 0 Å². The van der Waals surface area contributed by atoms with E-state index in [2.05, 4.69) is 9.97 Å². The van der Waals surface area contributed by atoms with Crippen molar-refractivity contribution in [3.63, 3.8) is 0 Å². The summed E-state index contributed by atoms with van der Waals surface area (Å²) in [5.41, 5.74) is -0.954. The maximum atomic E-state index is 13.3. The first-order valence-electron chi connectivity index (χ1n) is 7.05. The SMILES string of the molecule is CN(C)S(=O)(=O)n1cc(-c2ccccc2C(F)(F)F)c2nccnc21. The summed E-state index contributed by atoms with van der Waals surface area (Å²) < 4.78 is 66.7. The molecule has 0 fully saturated rings. The molecule has 0 saturated carbocycles. The normalized spacial score (nSPS) is 12.9. The fourth-order valence-corrected chi connectivity index (χ4v) is 3.38. The van der Waals surface area contributed by atoms with Gasteiger partial charge in [-0.3, -0.25) is 4.98 Å². The van der Waals surface area contributed by atoms with Crippen LogP contribution < -0.4 is 0 Å². The molecule has 0 N–H and O–H groups in total. The lowest BCUT2D eigenvalue weighted by atomic mass is 10.0. The minimum atomic E-state index is -4.59. The first-order chi connectivity index (χ1) is 11.6. The summed E-state index contributed by atoms with van der Waals surface area (Å²) in [7, 11) is -1.33. The first kappa shape index (κ1) is 17.4. The van der Waals surface area contributed by atoms with Gasteiger partial charge in [0.05, 0.1) is 5.56 Å². The van der Waals surface area contributed by atoms with Gasteiger partial charge in [-0.2, -0.15) is 25.9 Å². The minimum Gasteiger partial charge on any atom is -0.251 e. The number of nitrogens with zero attached hydrogens (tertiary/aromatic N) is 4. The van der Waals surface area contributed by atoms with Crippen LogP contribution in [-0.4, -0.2) is 40.8 Å². The highest BCUT2D eigenvalue weighted by Gasteiger charge is 2.35. The van der Waals surface area contributed by atoms with Crippen molar-refractivity contribution in [1.82, 2.24) is 18.2 Å². The molecule has 0 atom stereocenters. The van der Waals surface area contributed by atoms with Crippen molar-refractivity contribution in [2.45, 2.75) is 6.18 Å². The van der Waals surface area contributed by atoms with E-state index in [1.807, 2.05) is 0 Å². The smallest absolute Gasteiger partial charge is 0.251 e. The van der Waals surface area contributed by atoms with Crippen LogP contribution in [0, 0.1) is 0 Å². The molecule has 2 heterocycles. The average Bonchev–Trinajstić information content (AvgIpc) is 2.94. The van der Waals surface area contributed by atoms with Crippen LogP contribution in [0.4, 0.5) is 13.2 Å². The second-order valence-corrected chi connectivity index (χ2v) is 7.42. The third kappa shape index (κ3) is 2.87. The van der Waals surface area contributed by atoms with Crippen molar-refractivity contribution < 1.29 is 21.6 Å². The number of aromatic nitrogens is 3. The zero-order chi connectivity index (χ0) is 18.4. The van der Waals surface area contributed by atoms with Crippen LogP contribution in [0.3, 0.4) is 0 Å². The Hall–Kier alpha value is -2.46. The molecule has 3 aromatic rings. The molecule has 0 aliphatic rings. The highest BCUT2D eigenvalue weighted by Crippen LogP contribution is 2.39. The molecule has 25 heavy (non-hydrogen) atoms. The van der Waals surface area contributed by atoms with Gasteiger partial charge in [0.2, 0.25) is 0 Å². The van der Waals surface area contributed by atoms with Gasteiger partial charge in [0, 0.05) is 38.2 Å². The van der Waals surface area contributed by atoms with Crippen LogP contribution in [0.1, 0.15) is 5.56 Å². The van der Waals surface area contributed by atoms with Crippen molar-refractivity contribution in [1.29, 1.82) is 0 Å². The van der Waals surface area contributed by atoms with Gasteiger partial charge < -0.3 is 0 Å². The zero-order valence-corrected chi connectivity index (χ0v) is 14.0. The third-order valence-corrected chi connectivity index (χ3v) is 5.32. The van der Waals surface area contributed by atoms with Gasteiger partial charge >= 0.3 is 16.4 Å². The van der Waals surface area contributed by atoms with Gasteiger partial charge in [0.15, 0.2) is 5.65 Å². The second-order valence-electron chi connectivity index (χ2n) is 5.40. The van der Waals surface area contributed by atoms with Crippen molar-refractivity contribution >= 4 is 21.4 Å². The summed E-state index contributed by atoms with van der Waals surface area (Å²) in [5.74, 6) is 0. The molecule has 0 bridgehead atoms. The van der Waals surface area contributed by atoms with Gasteiger partial charge in [-0.15, -0.1) is 0 Å². The quantitative estimate of drug-likeness (QED) is 0.711. The minimum absolute atomic E-state index is 0.0387. The molecule has 0 spiro atoms. The number of rotatable bonds is 3. The van der Waals surface area contributed by atoms with Crippen molar-refractivity contribution in [3.05, 3.63) is 48.4 Å². The van der Waals surface area contributed by atoms with E-state index < -0.39 is 21.9 Å². The number of benzene rings is 1. The molecule has 3 rings (SSSR count). The molecule has 0 aliphatic heterocycles. The molecule has 2 aromatic heterocycles. The molecule has 0 amide bonds. The van der Waals surface area contributed by atoms with E-state index in [0.717, 1.165) is 20.5 Å². The summed E-state index contributed by atoms with van der Waals surface area (Å²) in [6, 6.07) is 4.94. The lowest BCUT2D eigenvalue weighted by Crippen LogP contribution is -2.28. The summed E-state index contributed by atoms with van der Waals surface area (Å²) >= 11 is 0. The zero-order valence-electron chi connectivity index (χ0n) is 13.2. The Morgan fingerprint density at radius 3 is 2.32 bits per heavy atom. The number of fused-ring (bicyclic) bond motifs is 1. The lowest BCUT2D eigenvalue weighted by molar-refractivity contribution is -0.137. The molecule has 0 aliphatic carbocycles. The predicted octanol–water partition coefficient (Wildman–Crippen LogP) is 2.77. The van der Waals surface area contributed by atoms with Crippen LogP contribution in [0.15, 0.2) is 42.9 Å². The van der Waals surface area contributed by atoms with Crippen molar-refractivity contribution in [3.8, 4) is 11.1 Å². The van der Waals surface area contributed by atoms with E-state index in [9.17, 15) is 21.6 Å². The van der Waals surface area contributed by atoms with Crippen LogP contribution in [0.25, 0.3) is 22.3 Å². The van der Waals surface area contributed by atoms with Gasteiger partial charge in [-0.1, -0.05) is 18.2 Å². The maximum Gasteiger partial charge on any atom is 0.417 e. The topological polar surface area (TPSA) is 68.1 Å². The van der Waals surface area contributed by atoms with E-state index >= 15 is 0 Å². The van der Waals surface area contributed by atoms with E-state index in [4.69, 9.17) is 0 Å². The average molecular weight is 370 g/mol. The molecule has 10 heteroatoms.